The zero-order valence-electron chi connectivity index (χ0n) is 31.6. The van der Waals surface area contributed by atoms with Gasteiger partial charge in [0.1, 0.15) is 6.61 Å². The molecule has 0 fully saturated rings. The number of allylic oxidation sites excluding steroid dienone is 11. The lowest BCUT2D eigenvalue weighted by atomic mass is 10.1. The van der Waals surface area contributed by atoms with Crippen molar-refractivity contribution in [1.82, 2.24) is 0 Å². The lowest BCUT2D eigenvalue weighted by molar-refractivity contribution is -0.161. The highest BCUT2D eigenvalue weighted by atomic mass is 31.2. The predicted molar refractivity (Wildman–Crippen MR) is 208 cm³/mol. The number of hydrogen-bond acceptors (Lipinski definition) is 7. The van der Waals surface area contributed by atoms with Crippen LogP contribution in [0, 0.1) is 0 Å². The van der Waals surface area contributed by atoms with E-state index < -0.39 is 32.5 Å². The normalized spacial score (nSPS) is 13.9. The molecule has 0 aromatic rings. The van der Waals surface area contributed by atoms with E-state index in [-0.39, 0.29) is 25.6 Å². The van der Waals surface area contributed by atoms with Crippen LogP contribution < -0.4 is 0 Å². The van der Waals surface area contributed by atoms with Gasteiger partial charge in [-0.05, 0) is 70.6 Å². The molecule has 10 heteroatoms. The molecule has 0 saturated heterocycles. The standard InChI is InChI=1S/C41H69O9P/c1-3-5-6-7-8-9-10-11-12-16-19-22-25-28-31-34-40(43)48-36-39(37-49-51(45,46)47)50-41(44)35-32-29-26-23-20-17-14-13-15-18-21-24-27-30-33-38(42)4-2/h9-10,14-15,17-18,23-24,26-27,30,33,38-39,42H,3-8,11-13,16,19-22,25,28-29,31-32,34-37H2,1-2H3,(H2,45,46,47)/b10-9-,17-14-,18-15-,26-23-,27-24-,33-30+/t38-,39-/m1/s1. The van der Waals surface area contributed by atoms with Gasteiger partial charge in [0.05, 0.1) is 12.7 Å². The van der Waals surface area contributed by atoms with Crippen molar-refractivity contribution in [3.63, 3.8) is 0 Å². The zero-order valence-corrected chi connectivity index (χ0v) is 32.5. The van der Waals surface area contributed by atoms with Gasteiger partial charge >= 0.3 is 19.8 Å². The quantitative estimate of drug-likeness (QED) is 0.0194. The van der Waals surface area contributed by atoms with Gasteiger partial charge in [-0.2, -0.15) is 0 Å². The summed E-state index contributed by atoms with van der Waals surface area (Å²) in [6.07, 6.45) is 42.9. The Morgan fingerprint density at radius 2 is 1.12 bits per heavy atom. The summed E-state index contributed by atoms with van der Waals surface area (Å²) in [5, 5.41) is 9.45. The van der Waals surface area contributed by atoms with Crippen LogP contribution in [0.3, 0.4) is 0 Å². The first kappa shape index (κ1) is 48.5. The molecule has 0 aliphatic carbocycles. The fourth-order valence-corrected chi connectivity index (χ4v) is 5.18. The second kappa shape index (κ2) is 35.8. The molecular formula is C41H69O9P. The number of unbranched alkanes of at least 4 members (excludes halogenated alkanes) is 12. The third-order valence-corrected chi connectivity index (χ3v) is 8.35. The molecule has 0 radical (unpaired) electrons. The molecule has 0 heterocycles. The highest BCUT2D eigenvalue weighted by Gasteiger charge is 2.22. The second-order valence-electron chi connectivity index (χ2n) is 12.7. The molecular weight excluding hydrogens is 667 g/mol. The average molecular weight is 737 g/mol. The third-order valence-electron chi connectivity index (χ3n) is 7.87. The minimum Gasteiger partial charge on any atom is -0.462 e. The topological polar surface area (TPSA) is 140 Å². The number of carbonyl (C=O) groups is 2. The van der Waals surface area contributed by atoms with E-state index in [2.05, 4.69) is 47.9 Å². The van der Waals surface area contributed by atoms with Gasteiger partial charge in [0.25, 0.3) is 0 Å². The average Bonchev–Trinajstić information content (AvgIpc) is 3.10. The number of carbonyl (C=O) groups excluding carboxylic acids is 2. The molecule has 0 aliphatic heterocycles. The van der Waals surface area contributed by atoms with Crippen molar-refractivity contribution < 1.29 is 43.0 Å². The Bertz CT molecular complexity index is 1070. The SMILES string of the molecule is CCCCCC/C=C\CCCCCCCCCC(=O)OC[C@H](COP(=O)(O)O)OC(=O)CCC/C=C\C/C=C\C/C=C\C/C=C\C=C\[C@H](O)CC. The van der Waals surface area contributed by atoms with Crippen LogP contribution in [0.5, 0.6) is 0 Å². The summed E-state index contributed by atoms with van der Waals surface area (Å²) < 4.78 is 26.2. The van der Waals surface area contributed by atoms with Crippen molar-refractivity contribution in [2.75, 3.05) is 13.2 Å². The summed E-state index contributed by atoms with van der Waals surface area (Å²) in [6.45, 7) is 3.27. The van der Waals surface area contributed by atoms with Crippen molar-refractivity contribution in [2.45, 2.75) is 161 Å². The van der Waals surface area contributed by atoms with Gasteiger partial charge in [-0.25, -0.2) is 4.57 Å². The fraction of sp³-hybridized carbons (Fsp3) is 0.659. The van der Waals surface area contributed by atoms with Crippen LogP contribution in [-0.2, 0) is 28.2 Å². The molecule has 51 heavy (non-hydrogen) atoms. The summed E-state index contributed by atoms with van der Waals surface area (Å²) in [6, 6.07) is 0. The van der Waals surface area contributed by atoms with Crippen molar-refractivity contribution in [2.24, 2.45) is 0 Å². The van der Waals surface area contributed by atoms with Crippen LogP contribution >= 0.6 is 7.82 Å². The van der Waals surface area contributed by atoms with Gasteiger partial charge in [-0.15, -0.1) is 0 Å². The predicted octanol–water partition coefficient (Wildman–Crippen LogP) is 10.5. The molecule has 3 N–H and O–H groups in total. The van der Waals surface area contributed by atoms with Crippen LogP contribution in [-0.4, -0.2) is 52.3 Å². The number of rotatable bonds is 34. The Morgan fingerprint density at radius 3 is 1.73 bits per heavy atom. The molecule has 0 saturated carbocycles. The zero-order chi connectivity index (χ0) is 37.7. The number of aliphatic hydroxyl groups excluding tert-OH is 1. The number of phosphoric acid groups is 1. The van der Waals surface area contributed by atoms with E-state index in [0.29, 0.717) is 25.7 Å². The first-order valence-electron chi connectivity index (χ1n) is 19.3. The highest BCUT2D eigenvalue weighted by molar-refractivity contribution is 7.46. The Kier molecular flexibility index (Phi) is 34.0. The van der Waals surface area contributed by atoms with Crippen molar-refractivity contribution >= 4 is 19.8 Å². The number of aliphatic hydroxyl groups is 1. The molecule has 0 aromatic heterocycles. The van der Waals surface area contributed by atoms with Crippen molar-refractivity contribution in [3.8, 4) is 0 Å². The van der Waals surface area contributed by atoms with Crippen LogP contribution in [0.1, 0.15) is 149 Å². The molecule has 292 valence electrons. The van der Waals surface area contributed by atoms with E-state index in [1.54, 1.807) is 6.08 Å². The maximum absolute atomic E-state index is 12.4. The van der Waals surface area contributed by atoms with Crippen LogP contribution in [0.2, 0.25) is 0 Å². The van der Waals surface area contributed by atoms with Gasteiger partial charge in [0, 0.05) is 12.8 Å². The van der Waals surface area contributed by atoms with E-state index in [9.17, 15) is 19.3 Å². The van der Waals surface area contributed by atoms with Crippen LogP contribution in [0.15, 0.2) is 72.9 Å². The lowest BCUT2D eigenvalue weighted by Crippen LogP contribution is -2.29. The molecule has 0 bridgehead atoms. The monoisotopic (exact) mass is 736 g/mol. The van der Waals surface area contributed by atoms with E-state index in [1.807, 2.05) is 37.3 Å². The first-order valence-corrected chi connectivity index (χ1v) is 20.9. The first-order chi connectivity index (χ1) is 24.7. The summed E-state index contributed by atoms with van der Waals surface area (Å²) in [5.41, 5.74) is 0. The van der Waals surface area contributed by atoms with Crippen LogP contribution in [0.4, 0.5) is 0 Å². The summed E-state index contributed by atoms with van der Waals surface area (Å²) in [4.78, 5) is 42.7. The van der Waals surface area contributed by atoms with Gasteiger partial charge < -0.3 is 24.4 Å². The molecule has 0 amide bonds. The Hall–Kier alpha value is -2.55. The lowest BCUT2D eigenvalue weighted by Gasteiger charge is -2.18. The number of hydrogen-bond donors (Lipinski definition) is 3. The van der Waals surface area contributed by atoms with E-state index in [4.69, 9.17) is 19.3 Å². The largest absolute Gasteiger partial charge is 0.469 e. The minimum absolute atomic E-state index is 0.116. The molecule has 0 unspecified atom stereocenters. The molecule has 0 aliphatic rings. The highest BCUT2D eigenvalue weighted by Crippen LogP contribution is 2.36. The second-order valence-corrected chi connectivity index (χ2v) is 14.0. The number of esters is 2. The maximum atomic E-state index is 12.4. The van der Waals surface area contributed by atoms with E-state index >= 15 is 0 Å². The smallest absolute Gasteiger partial charge is 0.462 e. The molecule has 0 spiro atoms. The Morgan fingerprint density at radius 1 is 0.608 bits per heavy atom. The van der Waals surface area contributed by atoms with Crippen LogP contribution in [0.25, 0.3) is 0 Å². The summed E-state index contributed by atoms with van der Waals surface area (Å²) in [5.74, 6) is -0.984. The summed E-state index contributed by atoms with van der Waals surface area (Å²) >= 11 is 0. The molecule has 0 aromatic carbocycles. The maximum Gasteiger partial charge on any atom is 0.469 e. The Labute approximate surface area is 309 Å². The third kappa shape index (κ3) is 38.5. The summed E-state index contributed by atoms with van der Waals surface area (Å²) in [7, 11) is -4.78. The minimum atomic E-state index is -4.78. The van der Waals surface area contributed by atoms with E-state index in [1.165, 1.54) is 51.4 Å². The van der Waals surface area contributed by atoms with E-state index in [0.717, 1.165) is 44.9 Å². The van der Waals surface area contributed by atoms with Crippen molar-refractivity contribution in [1.29, 1.82) is 0 Å². The molecule has 0 rings (SSSR count). The van der Waals surface area contributed by atoms with Gasteiger partial charge in [-0.1, -0.05) is 138 Å². The molecule has 9 nitrogen and oxygen atoms in total. The fourth-order valence-electron chi connectivity index (χ4n) is 4.82. The Balaban J connectivity index is 4.11. The molecule has 2 atom stereocenters. The van der Waals surface area contributed by atoms with Crippen molar-refractivity contribution in [3.05, 3.63) is 72.9 Å². The van der Waals surface area contributed by atoms with Gasteiger partial charge in [0.2, 0.25) is 0 Å². The van der Waals surface area contributed by atoms with Gasteiger partial charge in [-0.3, -0.25) is 14.1 Å². The number of phosphoric ester groups is 1. The number of ether oxygens (including phenoxy) is 2. The van der Waals surface area contributed by atoms with Gasteiger partial charge in [0.15, 0.2) is 6.10 Å².